The summed E-state index contributed by atoms with van der Waals surface area (Å²) in [5, 5.41) is 8.41. The van der Waals surface area contributed by atoms with Gasteiger partial charge in [0.25, 0.3) is 0 Å². The predicted molar refractivity (Wildman–Crippen MR) is 56.9 cm³/mol. The van der Waals surface area contributed by atoms with Crippen LogP contribution in [0.25, 0.3) is 0 Å². The minimum atomic E-state index is -0.933. The Morgan fingerprint density at radius 3 is 2.25 bits per heavy atom. The number of hydrogen-bond donors (Lipinski definition) is 1. The van der Waals surface area contributed by atoms with E-state index in [4.69, 9.17) is 9.84 Å². The van der Waals surface area contributed by atoms with Gasteiger partial charge in [-0.25, -0.2) is 0 Å². The number of aliphatic carboxylic acids is 1. The zero-order valence-electron chi connectivity index (χ0n) is 9.69. The molecule has 1 atom stereocenters. The van der Waals surface area contributed by atoms with E-state index >= 15 is 0 Å². The molecule has 0 aliphatic rings. The summed E-state index contributed by atoms with van der Waals surface area (Å²) >= 11 is 0. The van der Waals surface area contributed by atoms with E-state index in [1.807, 2.05) is 0 Å². The topological polar surface area (TPSA) is 80.7 Å². The maximum absolute atomic E-state index is 11.6. The summed E-state index contributed by atoms with van der Waals surface area (Å²) in [5.41, 5.74) is 0. The third kappa shape index (κ3) is 5.48. The molecule has 92 valence electrons. The highest BCUT2D eigenvalue weighted by Gasteiger charge is 2.25. The monoisotopic (exact) mass is 230 g/mol. The number of esters is 1. The summed E-state index contributed by atoms with van der Waals surface area (Å²) in [5.74, 6) is -2.42. The van der Waals surface area contributed by atoms with Gasteiger partial charge in [-0.15, -0.1) is 0 Å². The summed E-state index contributed by atoms with van der Waals surface area (Å²) in [7, 11) is 0. The van der Waals surface area contributed by atoms with Gasteiger partial charge in [0.1, 0.15) is 11.7 Å². The molecule has 0 spiro atoms. The van der Waals surface area contributed by atoms with Crippen molar-refractivity contribution >= 4 is 17.7 Å². The average molecular weight is 230 g/mol. The van der Waals surface area contributed by atoms with Crippen LogP contribution in [0.1, 0.15) is 39.5 Å². The van der Waals surface area contributed by atoms with Crippen LogP contribution in [0.5, 0.6) is 0 Å². The molecule has 5 nitrogen and oxygen atoms in total. The fourth-order valence-corrected chi connectivity index (χ4v) is 1.36. The van der Waals surface area contributed by atoms with E-state index < -0.39 is 17.9 Å². The molecule has 0 aliphatic carbocycles. The van der Waals surface area contributed by atoms with Crippen molar-refractivity contribution in [1.29, 1.82) is 0 Å². The third-order valence-corrected chi connectivity index (χ3v) is 2.18. The molecule has 0 fully saturated rings. The first kappa shape index (κ1) is 14.6. The molecular weight excluding hydrogens is 212 g/mol. The fraction of sp³-hybridized carbons (Fsp3) is 0.727. The van der Waals surface area contributed by atoms with Gasteiger partial charge in [-0.3, -0.25) is 14.4 Å². The number of carbonyl (C=O) groups excluding carboxylic acids is 2. The summed E-state index contributed by atoms with van der Waals surface area (Å²) in [6.45, 7) is 3.66. The van der Waals surface area contributed by atoms with Crippen LogP contribution in [0, 0.1) is 5.92 Å². The first-order valence-electron chi connectivity index (χ1n) is 5.44. The molecule has 1 N–H and O–H groups in total. The van der Waals surface area contributed by atoms with Crippen LogP contribution >= 0.6 is 0 Å². The Labute approximate surface area is 94.8 Å². The van der Waals surface area contributed by atoms with Crippen molar-refractivity contribution in [3.63, 3.8) is 0 Å². The summed E-state index contributed by atoms with van der Waals surface area (Å²) in [4.78, 5) is 33.2. The summed E-state index contributed by atoms with van der Waals surface area (Å²) in [6, 6.07) is 0. The molecule has 0 radical (unpaired) electrons. The van der Waals surface area contributed by atoms with Crippen LogP contribution in [-0.2, 0) is 19.1 Å². The maximum atomic E-state index is 11.6. The average Bonchev–Trinajstić information content (AvgIpc) is 2.18. The van der Waals surface area contributed by atoms with Gasteiger partial charge < -0.3 is 9.84 Å². The smallest absolute Gasteiger partial charge is 0.316 e. The molecule has 0 saturated carbocycles. The second-order valence-corrected chi connectivity index (χ2v) is 3.43. The standard InChI is InChI=1S/C11H18O5/c1-3-8(11(15)16-4-2)9(12)6-5-7-10(13)14/h8H,3-7H2,1-2H3,(H,13,14). The lowest BCUT2D eigenvalue weighted by atomic mass is 9.97. The number of carboxylic acid groups (broad SMARTS) is 1. The van der Waals surface area contributed by atoms with E-state index in [9.17, 15) is 14.4 Å². The Balaban J connectivity index is 4.10. The van der Waals surface area contributed by atoms with Gasteiger partial charge in [0.05, 0.1) is 6.61 Å². The Morgan fingerprint density at radius 1 is 1.19 bits per heavy atom. The summed E-state index contributed by atoms with van der Waals surface area (Å²) < 4.78 is 4.77. The van der Waals surface area contributed by atoms with Crippen molar-refractivity contribution < 1.29 is 24.2 Å². The molecule has 5 heteroatoms. The van der Waals surface area contributed by atoms with E-state index in [0.29, 0.717) is 6.42 Å². The van der Waals surface area contributed by atoms with Crippen molar-refractivity contribution in [2.75, 3.05) is 6.61 Å². The Hall–Kier alpha value is -1.39. The molecule has 16 heavy (non-hydrogen) atoms. The van der Waals surface area contributed by atoms with Gasteiger partial charge >= 0.3 is 11.9 Å². The first-order chi connectivity index (χ1) is 7.52. The largest absolute Gasteiger partial charge is 0.481 e. The van der Waals surface area contributed by atoms with E-state index in [0.717, 1.165) is 0 Å². The molecule has 0 bridgehead atoms. The van der Waals surface area contributed by atoms with Crippen molar-refractivity contribution in [2.45, 2.75) is 39.5 Å². The minimum Gasteiger partial charge on any atom is -0.481 e. The normalized spacial score (nSPS) is 11.9. The number of rotatable bonds is 8. The zero-order valence-corrected chi connectivity index (χ0v) is 9.69. The van der Waals surface area contributed by atoms with Crippen LogP contribution in [0.2, 0.25) is 0 Å². The quantitative estimate of drug-likeness (QED) is 0.503. The number of carbonyl (C=O) groups is 3. The molecule has 0 aromatic carbocycles. The molecule has 0 amide bonds. The van der Waals surface area contributed by atoms with Crippen LogP contribution in [-0.4, -0.2) is 29.4 Å². The second kappa shape index (κ2) is 7.84. The molecular formula is C11H18O5. The molecule has 1 unspecified atom stereocenters. The van der Waals surface area contributed by atoms with Crippen LogP contribution in [0.4, 0.5) is 0 Å². The van der Waals surface area contributed by atoms with E-state index in [1.54, 1.807) is 13.8 Å². The van der Waals surface area contributed by atoms with Gasteiger partial charge in [-0.05, 0) is 19.8 Å². The van der Waals surface area contributed by atoms with Gasteiger partial charge in [-0.1, -0.05) is 6.92 Å². The SMILES string of the molecule is CCOC(=O)C(CC)C(=O)CCCC(=O)O. The first-order valence-corrected chi connectivity index (χ1v) is 5.44. The van der Waals surface area contributed by atoms with Crippen LogP contribution in [0.15, 0.2) is 0 Å². The molecule has 0 aliphatic heterocycles. The van der Waals surface area contributed by atoms with Gasteiger partial charge in [0, 0.05) is 12.8 Å². The highest BCUT2D eigenvalue weighted by atomic mass is 16.5. The van der Waals surface area contributed by atoms with E-state index in [2.05, 4.69) is 0 Å². The van der Waals surface area contributed by atoms with Gasteiger partial charge in [-0.2, -0.15) is 0 Å². The minimum absolute atomic E-state index is 0.0506. The number of carboxylic acids is 1. The number of Topliss-reactive ketones (excluding diaryl/α,β-unsaturated/α-hetero) is 1. The number of ketones is 1. The molecule has 0 aromatic heterocycles. The lowest BCUT2D eigenvalue weighted by molar-refractivity contribution is -0.151. The molecule has 0 saturated heterocycles. The summed E-state index contributed by atoms with van der Waals surface area (Å²) in [6.07, 6.45) is 0.726. The highest BCUT2D eigenvalue weighted by Crippen LogP contribution is 2.11. The third-order valence-electron chi connectivity index (χ3n) is 2.18. The fourth-order valence-electron chi connectivity index (χ4n) is 1.36. The van der Waals surface area contributed by atoms with E-state index in [1.165, 1.54) is 0 Å². The highest BCUT2D eigenvalue weighted by molar-refractivity contribution is 5.98. The molecule has 0 rings (SSSR count). The molecule has 0 aromatic rings. The van der Waals surface area contributed by atoms with E-state index in [-0.39, 0.29) is 31.7 Å². The Bertz CT molecular complexity index is 259. The van der Waals surface area contributed by atoms with Gasteiger partial charge in [0.15, 0.2) is 0 Å². The zero-order chi connectivity index (χ0) is 12.6. The van der Waals surface area contributed by atoms with Gasteiger partial charge in [0.2, 0.25) is 0 Å². The maximum Gasteiger partial charge on any atom is 0.316 e. The van der Waals surface area contributed by atoms with Crippen LogP contribution in [0.3, 0.4) is 0 Å². The lowest BCUT2D eigenvalue weighted by Gasteiger charge is -2.11. The molecule has 0 heterocycles. The predicted octanol–water partition coefficient (Wildman–Crippen LogP) is 1.40. The van der Waals surface area contributed by atoms with Crippen molar-refractivity contribution in [3.05, 3.63) is 0 Å². The number of ether oxygens (including phenoxy) is 1. The second-order valence-electron chi connectivity index (χ2n) is 3.43. The Morgan fingerprint density at radius 2 is 1.81 bits per heavy atom. The van der Waals surface area contributed by atoms with Crippen LogP contribution < -0.4 is 0 Å². The van der Waals surface area contributed by atoms with Crippen molar-refractivity contribution in [2.24, 2.45) is 5.92 Å². The van der Waals surface area contributed by atoms with Crippen molar-refractivity contribution in [1.82, 2.24) is 0 Å². The lowest BCUT2D eigenvalue weighted by Crippen LogP contribution is -2.25. The number of hydrogen-bond acceptors (Lipinski definition) is 4. The van der Waals surface area contributed by atoms with Crippen molar-refractivity contribution in [3.8, 4) is 0 Å². The Kier molecular flexibility index (Phi) is 7.16.